The van der Waals surface area contributed by atoms with E-state index >= 15 is 0 Å². The van der Waals surface area contributed by atoms with E-state index < -0.39 is 5.60 Å². The van der Waals surface area contributed by atoms with Gasteiger partial charge in [0.15, 0.2) is 0 Å². The van der Waals surface area contributed by atoms with Gasteiger partial charge in [0.2, 0.25) is 0 Å². The highest BCUT2D eigenvalue weighted by molar-refractivity contribution is 7.12. The van der Waals surface area contributed by atoms with Crippen molar-refractivity contribution in [3.05, 3.63) is 33.8 Å². The summed E-state index contributed by atoms with van der Waals surface area (Å²) in [6.07, 6.45) is 2.61. The monoisotopic (exact) mass is 251 g/mol. The van der Waals surface area contributed by atoms with Crippen molar-refractivity contribution in [3.8, 4) is 0 Å². The van der Waals surface area contributed by atoms with Crippen molar-refractivity contribution in [2.75, 3.05) is 0 Å². The Hall–Kier alpha value is -1.20. The SMILES string of the molecule is CCCn1nncc1C(C)(O)c1ccc(C)s1. The molecule has 5 heteroatoms. The summed E-state index contributed by atoms with van der Waals surface area (Å²) >= 11 is 1.60. The molecule has 0 aliphatic heterocycles. The topological polar surface area (TPSA) is 50.9 Å². The van der Waals surface area contributed by atoms with E-state index in [2.05, 4.69) is 17.2 Å². The van der Waals surface area contributed by atoms with Crippen LogP contribution in [0.25, 0.3) is 0 Å². The molecule has 17 heavy (non-hydrogen) atoms. The second kappa shape index (κ2) is 4.58. The van der Waals surface area contributed by atoms with E-state index in [0.29, 0.717) is 0 Å². The van der Waals surface area contributed by atoms with Crippen LogP contribution in [0.3, 0.4) is 0 Å². The summed E-state index contributed by atoms with van der Waals surface area (Å²) in [5, 5.41) is 18.6. The van der Waals surface area contributed by atoms with Gasteiger partial charge < -0.3 is 5.11 Å². The summed E-state index contributed by atoms with van der Waals surface area (Å²) in [4.78, 5) is 2.12. The third kappa shape index (κ3) is 2.25. The Morgan fingerprint density at radius 2 is 2.24 bits per heavy atom. The van der Waals surface area contributed by atoms with Gasteiger partial charge in [0.05, 0.1) is 11.9 Å². The van der Waals surface area contributed by atoms with Crippen LogP contribution in [0.2, 0.25) is 0 Å². The molecule has 92 valence electrons. The predicted octanol–water partition coefficient (Wildman–Crippen LogP) is 2.31. The molecule has 2 rings (SSSR count). The van der Waals surface area contributed by atoms with Gasteiger partial charge >= 0.3 is 0 Å². The minimum Gasteiger partial charge on any atom is -0.378 e. The normalized spacial score (nSPS) is 14.8. The fraction of sp³-hybridized carbons (Fsp3) is 0.500. The molecular weight excluding hydrogens is 234 g/mol. The maximum atomic E-state index is 10.7. The molecule has 0 saturated heterocycles. The van der Waals surface area contributed by atoms with E-state index in [-0.39, 0.29) is 0 Å². The minimum atomic E-state index is -1.02. The number of aliphatic hydroxyl groups is 1. The minimum absolute atomic E-state index is 0.751. The quantitative estimate of drug-likeness (QED) is 0.907. The summed E-state index contributed by atoms with van der Waals surface area (Å²) in [7, 11) is 0. The predicted molar refractivity (Wildman–Crippen MR) is 68.0 cm³/mol. The first-order valence-corrected chi connectivity index (χ1v) is 6.55. The van der Waals surface area contributed by atoms with Crippen LogP contribution in [0.4, 0.5) is 0 Å². The van der Waals surface area contributed by atoms with Crippen molar-refractivity contribution in [3.63, 3.8) is 0 Å². The lowest BCUT2D eigenvalue weighted by Crippen LogP contribution is -2.25. The van der Waals surface area contributed by atoms with Crippen molar-refractivity contribution < 1.29 is 5.11 Å². The largest absolute Gasteiger partial charge is 0.378 e. The van der Waals surface area contributed by atoms with Crippen LogP contribution in [0.5, 0.6) is 0 Å². The first kappa shape index (κ1) is 12.3. The van der Waals surface area contributed by atoms with Crippen LogP contribution in [0.1, 0.15) is 35.7 Å². The zero-order valence-electron chi connectivity index (χ0n) is 10.3. The number of thiophene rings is 1. The molecule has 1 N–H and O–H groups in total. The highest BCUT2D eigenvalue weighted by atomic mass is 32.1. The van der Waals surface area contributed by atoms with E-state index in [9.17, 15) is 5.11 Å². The molecule has 2 aromatic rings. The van der Waals surface area contributed by atoms with Crippen molar-refractivity contribution in [1.82, 2.24) is 15.0 Å². The van der Waals surface area contributed by atoms with Crippen molar-refractivity contribution in [2.24, 2.45) is 0 Å². The van der Waals surface area contributed by atoms with Crippen LogP contribution in [-0.2, 0) is 12.1 Å². The van der Waals surface area contributed by atoms with Gasteiger partial charge in [0.1, 0.15) is 5.60 Å². The van der Waals surface area contributed by atoms with Crippen molar-refractivity contribution in [1.29, 1.82) is 0 Å². The van der Waals surface area contributed by atoms with Gasteiger partial charge in [-0.1, -0.05) is 12.1 Å². The highest BCUT2D eigenvalue weighted by Crippen LogP contribution is 2.33. The smallest absolute Gasteiger partial charge is 0.139 e. The number of aromatic nitrogens is 3. The molecule has 0 amide bonds. The van der Waals surface area contributed by atoms with Gasteiger partial charge in [0.25, 0.3) is 0 Å². The first-order valence-electron chi connectivity index (χ1n) is 5.74. The Kier molecular flexibility index (Phi) is 3.31. The van der Waals surface area contributed by atoms with Crippen LogP contribution >= 0.6 is 11.3 Å². The number of rotatable bonds is 4. The van der Waals surface area contributed by atoms with Gasteiger partial charge in [-0.15, -0.1) is 16.4 Å². The van der Waals surface area contributed by atoms with E-state index in [1.54, 1.807) is 29.1 Å². The summed E-state index contributed by atoms with van der Waals surface area (Å²) < 4.78 is 1.77. The lowest BCUT2D eigenvalue weighted by atomic mass is 10.0. The molecule has 0 fully saturated rings. The fourth-order valence-corrected chi connectivity index (χ4v) is 2.76. The molecule has 1 atom stereocenters. The van der Waals surface area contributed by atoms with Gasteiger partial charge in [-0.2, -0.15) is 0 Å². The summed E-state index contributed by atoms with van der Waals surface area (Å²) in [6.45, 7) is 6.68. The molecule has 0 radical (unpaired) electrons. The second-order valence-electron chi connectivity index (χ2n) is 4.32. The average Bonchev–Trinajstić information content (AvgIpc) is 2.87. The molecule has 2 heterocycles. The highest BCUT2D eigenvalue weighted by Gasteiger charge is 2.31. The van der Waals surface area contributed by atoms with Crippen molar-refractivity contribution >= 4 is 11.3 Å². The standard InChI is InChI=1S/C12H17N3OS/c1-4-7-15-10(8-13-14-15)12(3,16)11-6-5-9(2)17-11/h5-6,8,16H,4,7H2,1-3H3. The second-order valence-corrected chi connectivity index (χ2v) is 5.61. The van der Waals surface area contributed by atoms with Gasteiger partial charge in [0, 0.05) is 16.3 Å². The maximum absolute atomic E-state index is 10.7. The number of aryl methyl sites for hydroxylation is 2. The zero-order chi connectivity index (χ0) is 12.5. The van der Waals surface area contributed by atoms with Crippen molar-refractivity contribution in [2.45, 2.75) is 39.3 Å². The molecule has 4 nitrogen and oxygen atoms in total. The van der Waals surface area contributed by atoms with E-state index in [1.165, 1.54) is 4.88 Å². The third-order valence-electron chi connectivity index (χ3n) is 2.77. The molecule has 0 aliphatic rings. The van der Waals surface area contributed by atoms with Crippen LogP contribution in [0.15, 0.2) is 18.3 Å². The van der Waals surface area contributed by atoms with Gasteiger partial charge in [-0.25, -0.2) is 4.68 Å². The van der Waals surface area contributed by atoms with Gasteiger partial charge in [-0.05, 0) is 32.4 Å². The number of hydrogen-bond donors (Lipinski definition) is 1. The lowest BCUT2D eigenvalue weighted by Gasteiger charge is -2.22. The van der Waals surface area contributed by atoms with E-state index in [4.69, 9.17) is 0 Å². The summed E-state index contributed by atoms with van der Waals surface area (Å²) in [5.41, 5.74) is -0.265. The molecule has 0 bridgehead atoms. The van der Waals surface area contributed by atoms with Gasteiger partial charge in [-0.3, -0.25) is 0 Å². The number of hydrogen-bond acceptors (Lipinski definition) is 4. The molecular formula is C12H17N3OS. The molecule has 2 aromatic heterocycles. The third-order valence-corrected chi connectivity index (χ3v) is 3.98. The van der Waals surface area contributed by atoms with Crippen LogP contribution in [-0.4, -0.2) is 20.1 Å². The fourth-order valence-electron chi connectivity index (χ4n) is 1.83. The number of nitrogens with zero attached hydrogens (tertiary/aromatic N) is 3. The molecule has 0 aliphatic carbocycles. The molecule has 1 unspecified atom stereocenters. The van der Waals surface area contributed by atoms with Crippen LogP contribution in [0, 0.1) is 6.92 Å². The Balaban J connectivity index is 2.40. The summed E-state index contributed by atoms with van der Waals surface area (Å²) in [6, 6.07) is 3.98. The zero-order valence-corrected chi connectivity index (χ0v) is 11.2. The van der Waals surface area contributed by atoms with E-state index in [0.717, 1.165) is 23.5 Å². The first-order chi connectivity index (χ1) is 8.05. The Morgan fingerprint density at radius 1 is 1.47 bits per heavy atom. The summed E-state index contributed by atoms with van der Waals surface area (Å²) in [5.74, 6) is 0. The van der Waals surface area contributed by atoms with Crippen LogP contribution < -0.4 is 0 Å². The maximum Gasteiger partial charge on any atom is 0.139 e. The molecule has 0 saturated carbocycles. The van der Waals surface area contributed by atoms with E-state index in [1.807, 2.05) is 19.1 Å². The lowest BCUT2D eigenvalue weighted by molar-refractivity contribution is 0.0953. The Morgan fingerprint density at radius 3 is 2.82 bits per heavy atom. The average molecular weight is 251 g/mol. The Labute approximate surface area is 105 Å². The Bertz CT molecular complexity index is 501. The molecule has 0 spiro atoms. The molecule has 0 aromatic carbocycles.